The Hall–Kier alpha value is -1.68. The average molecular weight is 359 g/mol. The molecule has 1 aliphatic heterocycles. The number of piperidine rings is 1. The summed E-state index contributed by atoms with van der Waals surface area (Å²) in [6, 6.07) is 6.91. The fourth-order valence-corrected chi connectivity index (χ4v) is 4.25. The third-order valence-electron chi connectivity index (χ3n) is 5.74. The first-order valence-corrected chi connectivity index (χ1v) is 10.1. The van der Waals surface area contributed by atoms with Crippen LogP contribution in [0.25, 0.3) is 0 Å². The van der Waals surface area contributed by atoms with Crippen molar-refractivity contribution in [2.24, 2.45) is 11.8 Å². The molecule has 3 nitrogen and oxygen atoms in total. The minimum Gasteiger partial charge on any atom is -0.342 e. The SMILES string of the molecule is CCN(C[C@H]1CCCN(CCc2cccc(F)c2)C1)C(=O)C1CC=CC1. The molecule has 1 aromatic rings. The van der Waals surface area contributed by atoms with Crippen molar-refractivity contribution < 1.29 is 9.18 Å². The Morgan fingerprint density at radius 3 is 2.85 bits per heavy atom. The topological polar surface area (TPSA) is 23.6 Å². The lowest BCUT2D eigenvalue weighted by Gasteiger charge is -2.36. The number of hydrogen-bond donors (Lipinski definition) is 0. The summed E-state index contributed by atoms with van der Waals surface area (Å²) in [6.45, 7) is 6.88. The molecule has 1 aliphatic carbocycles. The molecule has 0 unspecified atom stereocenters. The molecule has 1 amide bonds. The van der Waals surface area contributed by atoms with Gasteiger partial charge in [0.15, 0.2) is 0 Å². The van der Waals surface area contributed by atoms with Crippen LogP contribution in [0.5, 0.6) is 0 Å². The summed E-state index contributed by atoms with van der Waals surface area (Å²) in [5.74, 6) is 0.893. The summed E-state index contributed by atoms with van der Waals surface area (Å²) in [5, 5.41) is 0. The van der Waals surface area contributed by atoms with Crippen LogP contribution in [0.3, 0.4) is 0 Å². The molecule has 1 heterocycles. The second kappa shape index (κ2) is 9.31. The molecule has 1 saturated heterocycles. The van der Waals surface area contributed by atoms with Crippen molar-refractivity contribution in [3.8, 4) is 0 Å². The first-order chi connectivity index (χ1) is 12.7. The summed E-state index contributed by atoms with van der Waals surface area (Å²) in [4.78, 5) is 17.3. The maximum Gasteiger partial charge on any atom is 0.226 e. The summed E-state index contributed by atoms with van der Waals surface area (Å²) < 4.78 is 13.3. The van der Waals surface area contributed by atoms with E-state index in [1.54, 1.807) is 12.1 Å². The van der Waals surface area contributed by atoms with Crippen LogP contribution in [0.1, 0.15) is 38.2 Å². The van der Waals surface area contributed by atoms with Gasteiger partial charge in [-0.2, -0.15) is 0 Å². The van der Waals surface area contributed by atoms with Gasteiger partial charge in [-0.25, -0.2) is 4.39 Å². The standard InChI is InChI=1S/C22H31FN2O/c1-2-25(22(26)20-9-3-4-10-20)17-19-8-6-13-24(16-19)14-12-18-7-5-11-21(23)15-18/h3-5,7,11,15,19-20H,2,6,8-10,12-14,16-17H2,1H3/t19-/m0/s1. The van der Waals surface area contributed by atoms with Gasteiger partial charge in [0.05, 0.1) is 0 Å². The molecule has 0 bridgehead atoms. The van der Waals surface area contributed by atoms with E-state index in [2.05, 4.69) is 28.9 Å². The van der Waals surface area contributed by atoms with E-state index in [0.29, 0.717) is 11.8 Å². The van der Waals surface area contributed by atoms with E-state index in [0.717, 1.165) is 57.5 Å². The van der Waals surface area contributed by atoms with E-state index in [1.165, 1.54) is 18.9 Å². The third kappa shape index (κ3) is 5.16. The van der Waals surface area contributed by atoms with Crippen LogP contribution in [0.15, 0.2) is 36.4 Å². The number of hydrogen-bond acceptors (Lipinski definition) is 2. The zero-order valence-electron chi connectivity index (χ0n) is 15.9. The summed E-state index contributed by atoms with van der Waals surface area (Å²) in [7, 11) is 0. The number of carbonyl (C=O) groups excluding carboxylic acids is 1. The van der Waals surface area contributed by atoms with E-state index in [4.69, 9.17) is 0 Å². The quantitative estimate of drug-likeness (QED) is 0.690. The first kappa shape index (κ1) is 19.1. The summed E-state index contributed by atoms with van der Waals surface area (Å²) >= 11 is 0. The lowest BCUT2D eigenvalue weighted by Crippen LogP contribution is -2.44. The molecule has 1 atom stereocenters. The molecule has 1 fully saturated rings. The largest absolute Gasteiger partial charge is 0.342 e. The van der Waals surface area contributed by atoms with Gasteiger partial charge in [0.2, 0.25) is 5.91 Å². The van der Waals surface area contributed by atoms with Crippen LogP contribution in [0, 0.1) is 17.7 Å². The van der Waals surface area contributed by atoms with E-state index >= 15 is 0 Å². The van der Waals surface area contributed by atoms with Crippen LogP contribution in [-0.2, 0) is 11.2 Å². The lowest BCUT2D eigenvalue weighted by atomic mass is 9.96. The molecule has 1 aromatic carbocycles. The van der Waals surface area contributed by atoms with Crippen LogP contribution in [0.2, 0.25) is 0 Å². The van der Waals surface area contributed by atoms with Gasteiger partial charge >= 0.3 is 0 Å². The van der Waals surface area contributed by atoms with Crippen molar-refractivity contribution in [2.75, 3.05) is 32.7 Å². The highest BCUT2D eigenvalue weighted by molar-refractivity contribution is 5.79. The number of benzene rings is 1. The fraction of sp³-hybridized carbons (Fsp3) is 0.591. The molecule has 26 heavy (non-hydrogen) atoms. The van der Waals surface area contributed by atoms with E-state index in [9.17, 15) is 9.18 Å². The summed E-state index contributed by atoms with van der Waals surface area (Å²) in [5.41, 5.74) is 1.06. The molecule has 0 radical (unpaired) electrons. The third-order valence-corrected chi connectivity index (χ3v) is 5.74. The molecule has 0 N–H and O–H groups in total. The highest BCUT2D eigenvalue weighted by Gasteiger charge is 2.27. The molecule has 0 saturated carbocycles. The van der Waals surface area contributed by atoms with Gasteiger partial charge in [-0.15, -0.1) is 0 Å². The number of carbonyl (C=O) groups is 1. The van der Waals surface area contributed by atoms with Crippen molar-refractivity contribution in [3.05, 3.63) is 47.8 Å². The number of halogens is 1. The second-order valence-electron chi connectivity index (χ2n) is 7.71. The number of likely N-dealkylation sites (tertiary alicyclic amines) is 1. The highest BCUT2D eigenvalue weighted by atomic mass is 19.1. The van der Waals surface area contributed by atoms with Gasteiger partial charge in [-0.05, 0) is 69.2 Å². The van der Waals surface area contributed by atoms with Crippen molar-refractivity contribution in [2.45, 2.75) is 39.0 Å². The normalized spacial score (nSPS) is 21.2. The van der Waals surface area contributed by atoms with Crippen molar-refractivity contribution in [3.63, 3.8) is 0 Å². The molecule has 3 rings (SSSR count). The highest BCUT2D eigenvalue weighted by Crippen LogP contribution is 2.23. The first-order valence-electron chi connectivity index (χ1n) is 10.1. The molecule has 4 heteroatoms. The number of allylic oxidation sites excluding steroid dienone is 2. The van der Waals surface area contributed by atoms with Gasteiger partial charge in [0.25, 0.3) is 0 Å². The molecule has 2 aliphatic rings. The Balaban J connectivity index is 1.48. The van der Waals surface area contributed by atoms with Crippen molar-refractivity contribution in [1.82, 2.24) is 9.80 Å². The predicted molar refractivity (Wildman–Crippen MR) is 103 cm³/mol. The predicted octanol–water partition coefficient (Wildman–Crippen LogP) is 3.89. The van der Waals surface area contributed by atoms with Gasteiger partial charge in [-0.1, -0.05) is 24.3 Å². The van der Waals surface area contributed by atoms with Crippen LogP contribution < -0.4 is 0 Å². The molecule has 0 spiro atoms. The Labute approximate surface area is 156 Å². The Bertz CT molecular complexity index is 622. The monoisotopic (exact) mass is 358 g/mol. The van der Waals surface area contributed by atoms with E-state index in [-0.39, 0.29) is 11.7 Å². The van der Waals surface area contributed by atoms with Gasteiger partial charge < -0.3 is 9.80 Å². The molecule has 142 valence electrons. The van der Waals surface area contributed by atoms with Crippen LogP contribution in [-0.4, -0.2) is 48.4 Å². The minimum absolute atomic E-state index is 0.155. The number of nitrogens with zero attached hydrogens (tertiary/aromatic N) is 2. The zero-order valence-corrected chi connectivity index (χ0v) is 15.9. The Morgan fingerprint density at radius 1 is 1.31 bits per heavy atom. The smallest absolute Gasteiger partial charge is 0.226 e. The Morgan fingerprint density at radius 2 is 2.12 bits per heavy atom. The van der Waals surface area contributed by atoms with E-state index < -0.39 is 0 Å². The zero-order chi connectivity index (χ0) is 18.4. The maximum absolute atomic E-state index is 13.3. The van der Waals surface area contributed by atoms with Gasteiger partial charge in [0, 0.05) is 32.1 Å². The average Bonchev–Trinajstić information content (AvgIpc) is 3.19. The van der Waals surface area contributed by atoms with Crippen LogP contribution in [0.4, 0.5) is 4.39 Å². The summed E-state index contributed by atoms with van der Waals surface area (Å²) in [6.07, 6.45) is 9.33. The lowest BCUT2D eigenvalue weighted by molar-refractivity contribution is -0.135. The second-order valence-corrected chi connectivity index (χ2v) is 7.71. The van der Waals surface area contributed by atoms with Gasteiger partial charge in [0.1, 0.15) is 5.82 Å². The number of rotatable bonds is 7. The number of amides is 1. The van der Waals surface area contributed by atoms with E-state index in [1.807, 2.05) is 6.07 Å². The fourth-order valence-electron chi connectivity index (χ4n) is 4.25. The molecular formula is C22H31FN2O. The molecular weight excluding hydrogens is 327 g/mol. The van der Waals surface area contributed by atoms with Crippen molar-refractivity contribution in [1.29, 1.82) is 0 Å². The van der Waals surface area contributed by atoms with Crippen LogP contribution >= 0.6 is 0 Å². The molecule has 0 aromatic heterocycles. The van der Waals surface area contributed by atoms with Gasteiger partial charge in [-0.3, -0.25) is 4.79 Å². The Kier molecular flexibility index (Phi) is 6.84. The van der Waals surface area contributed by atoms with Crippen molar-refractivity contribution >= 4 is 5.91 Å². The maximum atomic E-state index is 13.3. The minimum atomic E-state index is -0.155.